The minimum absolute atomic E-state index is 0.110. The van der Waals surface area contributed by atoms with Crippen LogP contribution >= 0.6 is 11.6 Å². The zero-order valence-electron chi connectivity index (χ0n) is 18.7. The smallest absolute Gasteiger partial charge is 0.254 e. The van der Waals surface area contributed by atoms with Crippen molar-refractivity contribution in [1.29, 1.82) is 0 Å². The number of hydrogen-bond acceptors (Lipinski definition) is 6. The van der Waals surface area contributed by atoms with Crippen LogP contribution < -0.4 is 16.2 Å². The van der Waals surface area contributed by atoms with E-state index in [9.17, 15) is 14.0 Å². The van der Waals surface area contributed by atoms with Gasteiger partial charge in [0.1, 0.15) is 29.5 Å². The Morgan fingerprint density at radius 3 is 2.66 bits per heavy atom. The number of halogens is 2. The van der Waals surface area contributed by atoms with Crippen LogP contribution in [0.3, 0.4) is 0 Å². The highest BCUT2D eigenvalue weighted by Gasteiger charge is 2.29. The molecule has 0 aliphatic carbocycles. The van der Waals surface area contributed by atoms with Crippen molar-refractivity contribution in [3.63, 3.8) is 0 Å². The van der Waals surface area contributed by atoms with Gasteiger partial charge in [0.25, 0.3) is 5.91 Å². The van der Waals surface area contributed by atoms with Crippen molar-refractivity contribution in [2.24, 2.45) is 5.73 Å². The van der Waals surface area contributed by atoms with E-state index in [4.69, 9.17) is 27.8 Å². The normalized spacial score (nSPS) is 15.9. The van der Waals surface area contributed by atoms with E-state index in [0.29, 0.717) is 53.8 Å². The Kier molecular flexibility index (Phi) is 7.31. The van der Waals surface area contributed by atoms with Crippen LogP contribution in [0.4, 0.5) is 10.2 Å². The Hall–Kier alpha value is -3.92. The van der Waals surface area contributed by atoms with E-state index in [-0.39, 0.29) is 23.3 Å². The number of aromatic nitrogens is 3. The highest BCUT2D eigenvalue weighted by atomic mass is 35.5. The molecule has 1 aliphatic heterocycles. The number of alkyl halides is 1. The number of piperidine rings is 1. The van der Waals surface area contributed by atoms with Crippen LogP contribution in [-0.2, 0) is 4.79 Å². The third kappa shape index (κ3) is 5.43. The van der Waals surface area contributed by atoms with Gasteiger partial charge in [-0.25, -0.2) is 14.1 Å². The van der Waals surface area contributed by atoms with E-state index in [1.807, 2.05) is 0 Å². The Balaban J connectivity index is 1.59. The Morgan fingerprint density at radius 1 is 1.23 bits per heavy atom. The first-order valence-electron chi connectivity index (χ1n) is 11.0. The van der Waals surface area contributed by atoms with E-state index in [1.54, 1.807) is 46.0 Å². The number of benzene rings is 1. The molecule has 0 saturated carbocycles. The molecular weight excluding hydrogens is 475 g/mol. The lowest BCUT2D eigenvalue weighted by molar-refractivity contribution is -0.127. The quantitative estimate of drug-likeness (QED) is 0.477. The summed E-state index contributed by atoms with van der Waals surface area (Å²) in [6.45, 7) is 0.174. The number of nitrogens with zero attached hydrogens (tertiary/aromatic N) is 4. The number of pyridine rings is 1. The van der Waals surface area contributed by atoms with Crippen molar-refractivity contribution < 1.29 is 18.7 Å². The van der Waals surface area contributed by atoms with Crippen LogP contribution in [0.15, 0.2) is 54.7 Å². The molecule has 3 heterocycles. The fourth-order valence-corrected chi connectivity index (χ4v) is 4.11. The Bertz CT molecular complexity index is 1240. The summed E-state index contributed by atoms with van der Waals surface area (Å²) in [4.78, 5) is 30.3. The number of carbonyl (C=O) groups excluding carboxylic acids is 2. The highest BCUT2D eigenvalue weighted by Crippen LogP contribution is 2.33. The first kappa shape index (κ1) is 24.2. The van der Waals surface area contributed by atoms with Gasteiger partial charge in [-0.1, -0.05) is 11.6 Å². The average molecular weight is 499 g/mol. The monoisotopic (exact) mass is 498 g/mol. The summed E-state index contributed by atoms with van der Waals surface area (Å²) in [6.07, 6.45) is 5.30. The number of likely N-dealkylation sites (tertiary alicyclic amines) is 1. The summed E-state index contributed by atoms with van der Waals surface area (Å²) in [5.74, 6) is 0.0608. The largest absolute Gasteiger partial charge is 0.439 e. The summed E-state index contributed by atoms with van der Waals surface area (Å²) < 4.78 is 19.7. The summed E-state index contributed by atoms with van der Waals surface area (Å²) >= 11 is 5.85. The summed E-state index contributed by atoms with van der Waals surface area (Å²) in [7, 11) is 0. The number of rotatable bonds is 7. The van der Waals surface area contributed by atoms with Crippen LogP contribution in [-0.4, -0.2) is 51.2 Å². The predicted octanol–water partition coefficient (Wildman–Crippen LogP) is 3.76. The molecule has 11 heteroatoms. The second-order valence-electron chi connectivity index (χ2n) is 8.00. The van der Waals surface area contributed by atoms with Gasteiger partial charge in [0, 0.05) is 37.0 Å². The molecule has 182 valence electrons. The number of allylic oxidation sites excluding steroid dienone is 1. The molecule has 9 nitrogen and oxygen atoms in total. The lowest BCUT2D eigenvalue weighted by atomic mass is 10.1. The number of ether oxygens (including phenoxy) is 1. The van der Waals surface area contributed by atoms with Gasteiger partial charge in [0.05, 0.1) is 11.1 Å². The molecule has 0 spiro atoms. The molecule has 1 aromatic carbocycles. The number of nitrogen functional groups attached to an aromatic ring is 1. The Morgan fingerprint density at radius 2 is 2.00 bits per heavy atom. The number of nitrogens with two attached hydrogens (primary N) is 2. The third-order valence-corrected chi connectivity index (χ3v) is 5.87. The maximum absolute atomic E-state index is 12.4. The molecule has 4 N–H and O–H groups in total. The fourth-order valence-electron chi connectivity index (χ4n) is 4.00. The van der Waals surface area contributed by atoms with Gasteiger partial charge >= 0.3 is 0 Å². The van der Waals surface area contributed by atoms with Gasteiger partial charge in [0.15, 0.2) is 0 Å². The number of anilines is 1. The number of carbonyl (C=O) groups is 2. The molecule has 4 rings (SSSR count). The van der Waals surface area contributed by atoms with Crippen molar-refractivity contribution in [1.82, 2.24) is 19.7 Å². The van der Waals surface area contributed by atoms with E-state index >= 15 is 0 Å². The van der Waals surface area contributed by atoms with Gasteiger partial charge in [0.2, 0.25) is 11.8 Å². The Labute approximate surface area is 206 Å². The molecule has 0 unspecified atom stereocenters. The summed E-state index contributed by atoms with van der Waals surface area (Å²) in [5, 5.41) is 5.11. The van der Waals surface area contributed by atoms with Crippen LogP contribution in [0.2, 0.25) is 5.02 Å². The lowest BCUT2D eigenvalue weighted by Crippen LogP contribution is -2.40. The second-order valence-corrected chi connectivity index (χ2v) is 8.43. The standard InChI is InChI=1S/C24H24ClFN6O3/c25-16-7-10-19(29-13-16)35-18-8-5-15(6-9-18)22-21(24(28)34)23(27)32(30-22)17-3-2-12-31(14-17)20(33)4-1-11-26/h1,4-10,13,17H,2-3,11-12,14,27H2,(H2,28,34)/b4-1+/t17-/m1/s1. The molecule has 2 aromatic heterocycles. The van der Waals surface area contributed by atoms with Crippen molar-refractivity contribution >= 4 is 29.2 Å². The van der Waals surface area contributed by atoms with Crippen molar-refractivity contribution in [3.8, 4) is 22.9 Å². The maximum atomic E-state index is 12.4. The molecule has 35 heavy (non-hydrogen) atoms. The van der Waals surface area contributed by atoms with Crippen LogP contribution in [0, 0.1) is 0 Å². The second kappa shape index (κ2) is 10.6. The topological polar surface area (TPSA) is 129 Å². The molecule has 0 bridgehead atoms. The van der Waals surface area contributed by atoms with Crippen molar-refractivity contribution in [2.45, 2.75) is 18.9 Å². The first-order chi connectivity index (χ1) is 16.9. The van der Waals surface area contributed by atoms with Gasteiger partial charge in [-0.3, -0.25) is 9.59 Å². The van der Waals surface area contributed by atoms with E-state index in [2.05, 4.69) is 10.1 Å². The minimum Gasteiger partial charge on any atom is -0.439 e. The maximum Gasteiger partial charge on any atom is 0.254 e. The zero-order chi connectivity index (χ0) is 24.9. The van der Waals surface area contributed by atoms with Crippen LogP contribution in [0.5, 0.6) is 11.6 Å². The summed E-state index contributed by atoms with van der Waals surface area (Å²) in [5.41, 5.74) is 13.0. The van der Waals surface area contributed by atoms with E-state index in [0.717, 1.165) is 0 Å². The fraction of sp³-hybridized carbons (Fsp3) is 0.250. The minimum atomic E-state index is -0.708. The highest BCUT2D eigenvalue weighted by molar-refractivity contribution is 6.30. The van der Waals surface area contributed by atoms with Gasteiger partial charge in [-0.05, 0) is 49.2 Å². The molecule has 1 fully saturated rings. The van der Waals surface area contributed by atoms with Crippen molar-refractivity contribution in [2.75, 3.05) is 25.5 Å². The molecule has 0 radical (unpaired) electrons. The number of hydrogen-bond donors (Lipinski definition) is 2. The van der Waals surface area contributed by atoms with E-state index < -0.39 is 12.6 Å². The van der Waals surface area contributed by atoms with Crippen LogP contribution in [0.25, 0.3) is 11.3 Å². The molecule has 3 aromatic rings. The van der Waals surface area contributed by atoms with Crippen LogP contribution in [0.1, 0.15) is 29.2 Å². The number of amides is 2. The average Bonchev–Trinajstić information content (AvgIpc) is 3.21. The summed E-state index contributed by atoms with van der Waals surface area (Å²) in [6, 6.07) is 9.97. The molecule has 1 saturated heterocycles. The first-order valence-corrected chi connectivity index (χ1v) is 11.3. The lowest BCUT2D eigenvalue weighted by Gasteiger charge is -2.32. The molecule has 1 atom stereocenters. The predicted molar refractivity (Wildman–Crippen MR) is 130 cm³/mol. The van der Waals surface area contributed by atoms with Crippen molar-refractivity contribution in [3.05, 3.63) is 65.3 Å². The van der Waals surface area contributed by atoms with E-state index in [1.165, 1.54) is 18.3 Å². The third-order valence-electron chi connectivity index (χ3n) is 5.65. The molecule has 2 amide bonds. The zero-order valence-corrected chi connectivity index (χ0v) is 19.5. The van der Waals surface area contributed by atoms with Gasteiger partial charge in [-0.2, -0.15) is 5.10 Å². The number of primary amides is 1. The SMILES string of the molecule is NC(=O)c1c(-c2ccc(Oc3ccc(Cl)cn3)cc2)nn([C@@H]2CCCN(C(=O)/C=C/CF)C2)c1N. The van der Waals surface area contributed by atoms with Gasteiger partial charge < -0.3 is 21.1 Å². The molecule has 1 aliphatic rings. The molecular formula is C24H24ClFN6O3. The van der Waals surface area contributed by atoms with Gasteiger partial charge in [-0.15, -0.1) is 0 Å².